The zero-order valence-corrected chi connectivity index (χ0v) is 15.2. The fourth-order valence-electron chi connectivity index (χ4n) is 2.85. The summed E-state index contributed by atoms with van der Waals surface area (Å²) in [6.45, 7) is 7.74. The van der Waals surface area contributed by atoms with Gasteiger partial charge < -0.3 is 9.47 Å². The Kier molecular flexibility index (Phi) is 7.22. The summed E-state index contributed by atoms with van der Waals surface area (Å²) in [7, 11) is 3.47. The molecule has 4 heteroatoms. The molecule has 0 aliphatic heterocycles. The molecule has 2 rings (SSSR count). The molecule has 0 spiro atoms. The van der Waals surface area contributed by atoms with Crippen molar-refractivity contribution in [3.05, 3.63) is 58.9 Å². The van der Waals surface area contributed by atoms with Gasteiger partial charge in [-0.3, -0.25) is 9.88 Å². The van der Waals surface area contributed by atoms with Crippen molar-refractivity contribution in [1.29, 1.82) is 0 Å². The maximum absolute atomic E-state index is 5.42. The number of nitrogens with zero attached hydrogens (tertiary/aromatic N) is 2. The molecule has 0 radical (unpaired) electrons. The van der Waals surface area contributed by atoms with E-state index in [4.69, 9.17) is 9.47 Å². The Morgan fingerprint density at radius 1 is 1.04 bits per heavy atom. The summed E-state index contributed by atoms with van der Waals surface area (Å²) in [6.07, 6.45) is 2.86. The highest BCUT2D eigenvalue weighted by Crippen LogP contribution is 2.24. The molecule has 0 amide bonds. The Morgan fingerprint density at radius 3 is 2.54 bits per heavy atom. The number of aromatic nitrogens is 1. The van der Waals surface area contributed by atoms with Gasteiger partial charge in [0.2, 0.25) is 0 Å². The second-order valence-electron chi connectivity index (χ2n) is 6.13. The fourth-order valence-corrected chi connectivity index (χ4v) is 2.85. The third-order valence-electron chi connectivity index (χ3n) is 4.18. The molecule has 2 aromatic rings. The van der Waals surface area contributed by atoms with E-state index in [2.05, 4.69) is 41.9 Å². The maximum Gasteiger partial charge on any atom is 0.122 e. The normalized spacial score (nSPS) is 11.0. The van der Waals surface area contributed by atoms with Crippen molar-refractivity contribution in [3.63, 3.8) is 0 Å². The van der Waals surface area contributed by atoms with Crippen molar-refractivity contribution in [2.24, 2.45) is 0 Å². The molecular formula is C20H28N2O2. The number of rotatable bonds is 9. The highest BCUT2D eigenvalue weighted by atomic mass is 16.5. The largest absolute Gasteiger partial charge is 0.496 e. The van der Waals surface area contributed by atoms with E-state index in [1.54, 1.807) is 14.2 Å². The van der Waals surface area contributed by atoms with Crippen molar-refractivity contribution >= 4 is 0 Å². The molecule has 0 aliphatic rings. The number of hydrogen-bond donors (Lipinski definition) is 0. The summed E-state index contributed by atoms with van der Waals surface area (Å²) in [5.41, 5.74) is 4.86. The lowest BCUT2D eigenvalue weighted by molar-refractivity contribution is 0.166. The van der Waals surface area contributed by atoms with Gasteiger partial charge in [-0.2, -0.15) is 0 Å². The maximum atomic E-state index is 5.42. The lowest BCUT2D eigenvalue weighted by Gasteiger charge is -2.23. The van der Waals surface area contributed by atoms with Crippen LogP contribution in [0.15, 0.2) is 36.5 Å². The van der Waals surface area contributed by atoms with Crippen molar-refractivity contribution < 1.29 is 9.47 Å². The second kappa shape index (κ2) is 9.40. The highest BCUT2D eigenvalue weighted by molar-refractivity contribution is 5.41. The van der Waals surface area contributed by atoms with E-state index >= 15 is 0 Å². The van der Waals surface area contributed by atoms with Gasteiger partial charge in [-0.15, -0.1) is 0 Å². The Morgan fingerprint density at radius 2 is 1.88 bits per heavy atom. The van der Waals surface area contributed by atoms with Gasteiger partial charge in [0.15, 0.2) is 0 Å². The van der Waals surface area contributed by atoms with E-state index in [0.29, 0.717) is 0 Å². The first-order chi connectivity index (χ1) is 11.6. The molecule has 1 aromatic carbocycles. The van der Waals surface area contributed by atoms with Gasteiger partial charge in [-0.25, -0.2) is 0 Å². The molecule has 0 aliphatic carbocycles. The van der Waals surface area contributed by atoms with E-state index in [-0.39, 0.29) is 0 Å². The zero-order valence-electron chi connectivity index (χ0n) is 15.2. The van der Waals surface area contributed by atoms with Crippen LogP contribution in [0.25, 0.3) is 0 Å². The first-order valence-corrected chi connectivity index (χ1v) is 8.39. The SMILES string of the molecule is COCCCN(Cc1ccccn1)Cc1cc(C)c(OC)cc1C. The van der Waals surface area contributed by atoms with E-state index in [1.165, 1.54) is 16.7 Å². The summed E-state index contributed by atoms with van der Waals surface area (Å²) >= 11 is 0. The Balaban J connectivity index is 2.13. The first-order valence-electron chi connectivity index (χ1n) is 8.39. The monoisotopic (exact) mass is 328 g/mol. The van der Waals surface area contributed by atoms with Crippen LogP contribution in [0.4, 0.5) is 0 Å². The molecule has 0 unspecified atom stereocenters. The van der Waals surface area contributed by atoms with Crippen LogP contribution in [0.5, 0.6) is 5.75 Å². The van der Waals surface area contributed by atoms with Crippen LogP contribution in [0.2, 0.25) is 0 Å². The van der Waals surface area contributed by atoms with Crippen molar-refractivity contribution in [2.75, 3.05) is 27.4 Å². The number of pyridine rings is 1. The van der Waals surface area contributed by atoms with E-state index in [1.807, 2.05) is 18.3 Å². The number of aryl methyl sites for hydroxylation is 2. The first kappa shape index (κ1) is 18.4. The lowest BCUT2D eigenvalue weighted by Crippen LogP contribution is -2.25. The van der Waals surface area contributed by atoms with Crippen LogP contribution >= 0.6 is 0 Å². The molecule has 0 atom stereocenters. The molecule has 1 aromatic heterocycles. The molecular weight excluding hydrogens is 300 g/mol. The van der Waals surface area contributed by atoms with Crippen molar-refractivity contribution in [2.45, 2.75) is 33.4 Å². The van der Waals surface area contributed by atoms with Crippen LogP contribution < -0.4 is 4.74 Å². The summed E-state index contributed by atoms with van der Waals surface area (Å²) < 4.78 is 10.6. The summed E-state index contributed by atoms with van der Waals surface area (Å²) in [4.78, 5) is 6.89. The summed E-state index contributed by atoms with van der Waals surface area (Å²) in [5, 5.41) is 0. The average Bonchev–Trinajstić information content (AvgIpc) is 2.59. The second-order valence-corrected chi connectivity index (χ2v) is 6.13. The van der Waals surface area contributed by atoms with E-state index < -0.39 is 0 Å². The molecule has 0 bridgehead atoms. The third-order valence-corrected chi connectivity index (χ3v) is 4.18. The van der Waals surface area contributed by atoms with Gasteiger partial charge in [-0.05, 0) is 55.2 Å². The quantitative estimate of drug-likeness (QED) is 0.657. The fraction of sp³-hybridized carbons (Fsp3) is 0.450. The van der Waals surface area contributed by atoms with Crippen molar-refractivity contribution in [1.82, 2.24) is 9.88 Å². The topological polar surface area (TPSA) is 34.6 Å². The minimum absolute atomic E-state index is 0.777. The van der Waals surface area contributed by atoms with E-state index in [0.717, 1.165) is 44.1 Å². The predicted octanol–water partition coefficient (Wildman–Crippen LogP) is 3.75. The number of methoxy groups -OCH3 is 2. The number of benzene rings is 1. The Labute approximate surface area is 145 Å². The Hall–Kier alpha value is -1.91. The van der Waals surface area contributed by atoms with Crippen LogP contribution in [0.3, 0.4) is 0 Å². The minimum Gasteiger partial charge on any atom is -0.496 e. The van der Waals surface area contributed by atoms with Gasteiger partial charge in [-0.1, -0.05) is 12.1 Å². The smallest absolute Gasteiger partial charge is 0.122 e. The molecule has 24 heavy (non-hydrogen) atoms. The number of hydrogen-bond acceptors (Lipinski definition) is 4. The standard InChI is InChI=1S/C20H28N2O2/c1-16-13-20(24-4)17(2)12-18(16)14-22(10-7-11-23-3)15-19-8-5-6-9-21-19/h5-6,8-9,12-13H,7,10-11,14-15H2,1-4H3. The molecule has 0 saturated carbocycles. The molecule has 1 heterocycles. The molecule has 0 fully saturated rings. The number of ether oxygens (including phenoxy) is 2. The predicted molar refractivity (Wildman–Crippen MR) is 97.3 cm³/mol. The van der Waals surface area contributed by atoms with Gasteiger partial charge >= 0.3 is 0 Å². The van der Waals surface area contributed by atoms with Gasteiger partial charge in [0, 0.05) is 39.5 Å². The summed E-state index contributed by atoms with van der Waals surface area (Å²) in [6, 6.07) is 10.4. The Bertz CT molecular complexity index is 629. The molecule has 4 nitrogen and oxygen atoms in total. The van der Waals surface area contributed by atoms with Crippen LogP contribution in [-0.4, -0.2) is 37.3 Å². The average molecular weight is 328 g/mol. The lowest BCUT2D eigenvalue weighted by atomic mass is 10.0. The van der Waals surface area contributed by atoms with Crippen LogP contribution in [0, 0.1) is 13.8 Å². The highest BCUT2D eigenvalue weighted by Gasteiger charge is 2.11. The van der Waals surface area contributed by atoms with Gasteiger partial charge in [0.25, 0.3) is 0 Å². The molecule has 130 valence electrons. The van der Waals surface area contributed by atoms with Crippen molar-refractivity contribution in [3.8, 4) is 5.75 Å². The summed E-state index contributed by atoms with van der Waals surface area (Å²) in [5.74, 6) is 0.951. The third kappa shape index (κ3) is 5.32. The minimum atomic E-state index is 0.777. The van der Waals surface area contributed by atoms with E-state index in [9.17, 15) is 0 Å². The van der Waals surface area contributed by atoms with Crippen LogP contribution in [-0.2, 0) is 17.8 Å². The van der Waals surface area contributed by atoms with Gasteiger partial charge in [0.05, 0.1) is 12.8 Å². The molecule has 0 N–H and O–H groups in total. The zero-order chi connectivity index (χ0) is 17.4. The van der Waals surface area contributed by atoms with Crippen LogP contribution in [0.1, 0.15) is 28.8 Å². The molecule has 0 saturated heterocycles. The van der Waals surface area contributed by atoms with Gasteiger partial charge in [0.1, 0.15) is 5.75 Å².